The first-order valence-electron chi connectivity index (χ1n) is 6.44. The van der Waals surface area contributed by atoms with E-state index in [1.54, 1.807) is 0 Å². The van der Waals surface area contributed by atoms with Gasteiger partial charge in [0.15, 0.2) is 0 Å². The van der Waals surface area contributed by atoms with Crippen molar-refractivity contribution in [2.75, 3.05) is 5.73 Å². The number of fused-ring (bicyclic) bond motifs is 2. The smallest absolute Gasteiger partial charge is 0.303 e. The molecule has 0 unspecified atom stereocenters. The number of anilines is 1. The molecule has 0 amide bonds. The van der Waals surface area contributed by atoms with E-state index in [4.69, 9.17) is 10.8 Å². The molecule has 0 saturated carbocycles. The fourth-order valence-corrected chi connectivity index (χ4v) is 2.38. The van der Waals surface area contributed by atoms with Gasteiger partial charge in [-0.2, -0.15) is 0 Å². The number of benzene rings is 2. The minimum Gasteiger partial charge on any atom is -0.481 e. The van der Waals surface area contributed by atoms with Gasteiger partial charge in [0.1, 0.15) is 0 Å². The quantitative estimate of drug-likeness (QED) is 0.714. The lowest BCUT2D eigenvalue weighted by atomic mass is 10.0. The molecule has 0 fully saturated rings. The molecule has 0 aliphatic rings. The summed E-state index contributed by atoms with van der Waals surface area (Å²) < 4.78 is 0. The first-order chi connectivity index (χ1) is 9.65. The standard InChI is InChI=1S/C16H14N2O2/c17-16-11-3-1-2-4-13(11)18-14-7-5-10(9-12(14)16)6-8-15(19)20/h1-5,7,9H,6,8H2,(H2,17,18)(H,19,20). The molecule has 3 N–H and O–H groups in total. The zero-order chi connectivity index (χ0) is 14.1. The summed E-state index contributed by atoms with van der Waals surface area (Å²) >= 11 is 0. The number of nitrogens with zero attached hydrogens (tertiary/aromatic N) is 1. The molecule has 4 heteroatoms. The van der Waals surface area contributed by atoms with Crippen LogP contribution in [0.25, 0.3) is 21.8 Å². The van der Waals surface area contributed by atoms with E-state index >= 15 is 0 Å². The topological polar surface area (TPSA) is 76.2 Å². The number of carboxylic acid groups (broad SMARTS) is 1. The molecule has 1 heterocycles. The van der Waals surface area contributed by atoms with Crippen LogP contribution < -0.4 is 5.73 Å². The normalized spacial score (nSPS) is 11.0. The molecular formula is C16H14N2O2. The van der Waals surface area contributed by atoms with Crippen LogP contribution in [0.4, 0.5) is 5.69 Å². The van der Waals surface area contributed by atoms with E-state index < -0.39 is 5.97 Å². The van der Waals surface area contributed by atoms with Gasteiger partial charge in [-0.05, 0) is 30.2 Å². The van der Waals surface area contributed by atoms with Crippen molar-refractivity contribution in [3.05, 3.63) is 48.0 Å². The van der Waals surface area contributed by atoms with Crippen molar-refractivity contribution in [1.29, 1.82) is 0 Å². The summed E-state index contributed by atoms with van der Waals surface area (Å²) in [7, 11) is 0. The van der Waals surface area contributed by atoms with Gasteiger partial charge in [-0.3, -0.25) is 4.79 Å². The summed E-state index contributed by atoms with van der Waals surface area (Å²) in [5.74, 6) is -0.797. The van der Waals surface area contributed by atoms with Crippen LogP contribution in [0, 0.1) is 0 Å². The van der Waals surface area contributed by atoms with Crippen LogP contribution in [0.3, 0.4) is 0 Å². The molecule has 1 aromatic heterocycles. The number of para-hydroxylation sites is 1. The molecule has 3 rings (SSSR count). The Labute approximate surface area is 115 Å². The maximum absolute atomic E-state index is 10.6. The Morgan fingerprint density at radius 1 is 1.10 bits per heavy atom. The third kappa shape index (κ3) is 2.16. The van der Waals surface area contributed by atoms with Crippen LogP contribution in [0.2, 0.25) is 0 Å². The van der Waals surface area contributed by atoms with Gasteiger partial charge in [-0.15, -0.1) is 0 Å². The second-order valence-electron chi connectivity index (χ2n) is 4.79. The first kappa shape index (κ1) is 12.4. The molecule has 100 valence electrons. The number of carboxylic acids is 1. The Morgan fingerprint density at radius 2 is 1.85 bits per heavy atom. The van der Waals surface area contributed by atoms with E-state index in [2.05, 4.69) is 4.98 Å². The number of hydrogen-bond donors (Lipinski definition) is 2. The van der Waals surface area contributed by atoms with Crippen molar-refractivity contribution in [2.45, 2.75) is 12.8 Å². The maximum atomic E-state index is 10.6. The Hall–Kier alpha value is -2.62. The van der Waals surface area contributed by atoms with Gasteiger partial charge in [-0.1, -0.05) is 24.3 Å². The molecule has 0 radical (unpaired) electrons. The highest BCUT2D eigenvalue weighted by Gasteiger charge is 2.07. The van der Waals surface area contributed by atoms with E-state index in [-0.39, 0.29) is 6.42 Å². The van der Waals surface area contributed by atoms with Gasteiger partial charge in [0.25, 0.3) is 0 Å². The number of aromatic nitrogens is 1. The van der Waals surface area contributed by atoms with Crippen LogP contribution in [-0.2, 0) is 11.2 Å². The predicted octanol–water partition coefficient (Wildman–Crippen LogP) is 2.99. The van der Waals surface area contributed by atoms with Crippen molar-refractivity contribution in [3.8, 4) is 0 Å². The number of nitrogen functional groups attached to an aromatic ring is 1. The molecule has 0 bridgehead atoms. The Kier molecular flexibility index (Phi) is 2.99. The van der Waals surface area contributed by atoms with Gasteiger partial charge in [0, 0.05) is 17.2 Å². The molecule has 3 aromatic rings. The summed E-state index contributed by atoms with van der Waals surface area (Å²) in [6, 6.07) is 13.5. The first-order valence-corrected chi connectivity index (χ1v) is 6.44. The van der Waals surface area contributed by atoms with Crippen LogP contribution in [0.15, 0.2) is 42.5 Å². The van der Waals surface area contributed by atoms with E-state index in [0.717, 1.165) is 27.4 Å². The van der Waals surface area contributed by atoms with Crippen molar-refractivity contribution >= 4 is 33.5 Å². The number of hydrogen-bond acceptors (Lipinski definition) is 3. The Balaban J connectivity index is 2.15. The van der Waals surface area contributed by atoms with E-state index in [9.17, 15) is 4.79 Å². The number of aryl methyl sites for hydroxylation is 1. The number of pyridine rings is 1. The van der Waals surface area contributed by atoms with Gasteiger partial charge < -0.3 is 10.8 Å². The van der Waals surface area contributed by atoms with Crippen LogP contribution >= 0.6 is 0 Å². The lowest BCUT2D eigenvalue weighted by Gasteiger charge is -2.08. The highest BCUT2D eigenvalue weighted by Crippen LogP contribution is 2.28. The molecule has 0 aliphatic heterocycles. The molecule has 4 nitrogen and oxygen atoms in total. The van der Waals surface area contributed by atoms with E-state index in [1.165, 1.54) is 0 Å². The van der Waals surface area contributed by atoms with Crippen molar-refractivity contribution in [3.63, 3.8) is 0 Å². The van der Waals surface area contributed by atoms with E-state index in [0.29, 0.717) is 12.1 Å². The number of aliphatic carboxylic acids is 1. The second kappa shape index (κ2) is 4.81. The Morgan fingerprint density at radius 3 is 2.65 bits per heavy atom. The number of nitrogens with two attached hydrogens (primary N) is 1. The monoisotopic (exact) mass is 266 g/mol. The molecule has 20 heavy (non-hydrogen) atoms. The third-order valence-electron chi connectivity index (χ3n) is 3.41. The zero-order valence-electron chi connectivity index (χ0n) is 10.8. The van der Waals surface area contributed by atoms with Gasteiger partial charge in [0.05, 0.1) is 16.7 Å². The fourth-order valence-electron chi connectivity index (χ4n) is 2.38. The number of carbonyl (C=O) groups is 1. The van der Waals surface area contributed by atoms with Crippen LogP contribution in [0.5, 0.6) is 0 Å². The van der Waals surface area contributed by atoms with Gasteiger partial charge in [0.2, 0.25) is 0 Å². The minimum atomic E-state index is -0.797. The predicted molar refractivity (Wildman–Crippen MR) is 79.6 cm³/mol. The van der Waals surface area contributed by atoms with Crippen molar-refractivity contribution < 1.29 is 9.90 Å². The maximum Gasteiger partial charge on any atom is 0.303 e. The number of rotatable bonds is 3. The van der Waals surface area contributed by atoms with Gasteiger partial charge >= 0.3 is 5.97 Å². The van der Waals surface area contributed by atoms with Crippen molar-refractivity contribution in [1.82, 2.24) is 4.98 Å². The summed E-state index contributed by atoms with van der Waals surface area (Å²) in [5.41, 5.74) is 9.59. The highest BCUT2D eigenvalue weighted by atomic mass is 16.4. The fraction of sp³-hybridized carbons (Fsp3) is 0.125. The van der Waals surface area contributed by atoms with Gasteiger partial charge in [-0.25, -0.2) is 4.98 Å². The average molecular weight is 266 g/mol. The van der Waals surface area contributed by atoms with E-state index in [1.807, 2.05) is 42.5 Å². The summed E-state index contributed by atoms with van der Waals surface area (Å²) in [4.78, 5) is 15.2. The zero-order valence-corrected chi connectivity index (χ0v) is 10.8. The summed E-state index contributed by atoms with van der Waals surface area (Å²) in [6.45, 7) is 0. The molecule has 0 spiro atoms. The third-order valence-corrected chi connectivity index (χ3v) is 3.41. The lowest BCUT2D eigenvalue weighted by molar-refractivity contribution is -0.136. The summed E-state index contributed by atoms with van der Waals surface area (Å²) in [5, 5.41) is 10.6. The second-order valence-corrected chi connectivity index (χ2v) is 4.79. The Bertz CT molecular complexity index is 812. The largest absolute Gasteiger partial charge is 0.481 e. The van der Waals surface area contributed by atoms with Crippen LogP contribution in [0.1, 0.15) is 12.0 Å². The lowest BCUT2D eigenvalue weighted by Crippen LogP contribution is -1.98. The summed E-state index contributed by atoms with van der Waals surface area (Å²) in [6.07, 6.45) is 0.615. The molecule has 2 aromatic carbocycles. The SMILES string of the molecule is Nc1c2ccccc2nc2ccc(CCC(=O)O)cc12. The molecular weight excluding hydrogens is 252 g/mol. The molecule has 0 aliphatic carbocycles. The average Bonchev–Trinajstić information content (AvgIpc) is 2.46. The molecule has 0 atom stereocenters. The van der Waals surface area contributed by atoms with Crippen LogP contribution in [-0.4, -0.2) is 16.1 Å². The molecule has 0 saturated heterocycles. The highest BCUT2D eigenvalue weighted by molar-refractivity contribution is 6.06. The van der Waals surface area contributed by atoms with Crippen molar-refractivity contribution in [2.24, 2.45) is 0 Å². The minimum absolute atomic E-state index is 0.117.